The van der Waals surface area contributed by atoms with Gasteiger partial charge < -0.3 is 10.2 Å². The maximum absolute atomic E-state index is 11.9. The van der Waals surface area contributed by atoms with Gasteiger partial charge in [-0.05, 0) is 42.5 Å². The number of benzene rings is 1. The predicted molar refractivity (Wildman–Crippen MR) is 84.1 cm³/mol. The SMILES string of the molecule is CN(C)C(=O)c1ccc(NC2CCCCC2(C)C)cc1. The van der Waals surface area contributed by atoms with Gasteiger partial charge in [0.15, 0.2) is 0 Å². The molecule has 3 nitrogen and oxygen atoms in total. The van der Waals surface area contributed by atoms with Crippen LogP contribution in [0, 0.1) is 5.41 Å². The summed E-state index contributed by atoms with van der Waals surface area (Å²) in [5.74, 6) is 0.0505. The van der Waals surface area contributed by atoms with Crippen molar-refractivity contribution >= 4 is 11.6 Å². The topological polar surface area (TPSA) is 32.3 Å². The van der Waals surface area contributed by atoms with E-state index in [0.29, 0.717) is 11.5 Å². The van der Waals surface area contributed by atoms with Gasteiger partial charge in [-0.2, -0.15) is 0 Å². The highest BCUT2D eigenvalue weighted by Gasteiger charge is 2.31. The molecule has 1 aromatic carbocycles. The fourth-order valence-electron chi connectivity index (χ4n) is 2.93. The zero-order valence-electron chi connectivity index (χ0n) is 13.1. The Morgan fingerprint density at radius 2 is 1.85 bits per heavy atom. The molecular weight excluding hydrogens is 248 g/mol. The molecule has 1 aliphatic rings. The van der Waals surface area contributed by atoms with Gasteiger partial charge in [-0.1, -0.05) is 26.7 Å². The molecule has 0 saturated heterocycles. The van der Waals surface area contributed by atoms with E-state index in [1.165, 1.54) is 25.7 Å². The number of rotatable bonds is 3. The number of nitrogens with one attached hydrogen (secondary N) is 1. The number of carbonyl (C=O) groups excluding carboxylic acids is 1. The van der Waals surface area contributed by atoms with Crippen LogP contribution in [-0.2, 0) is 0 Å². The van der Waals surface area contributed by atoms with Crippen LogP contribution in [-0.4, -0.2) is 30.9 Å². The molecule has 1 saturated carbocycles. The quantitative estimate of drug-likeness (QED) is 0.910. The van der Waals surface area contributed by atoms with Crippen LogP contribution < -0.4 is 5.32 Å². The van der Waals surface area contributed by atoms with E-state index in [4.69, 9.17) is 0 Å². The number of amides is 1. The summed E-state index contributed by atoms with van der Waals surface area (Å²) in [6.07, 6.45) is 5.15. The van der Waals surface area contributed by atoms with Crippen LogP contribution in [0.5, 0.6) is 0 Å². The Balaban J connectivity index is 2.05. The lowest BCUT2D eigenvalue weighted by Crippen LogP contribution is -2.38. The Hall–Kier alpha value is -1.51. The van der Waals surface area contributed by atoms with E-state index in [-0.39, 0.29) is 5.91 Å². The van der Waals surface area contributed by atoms with Crippen LogP contribution in [0.2, 0.25) is 0 Å². The normalized spacial score (nSPS) is 21.3. The highest BCUT2D eigenvalue weighted by atomic mass is 16.2. The molecular formula is C17H26N2O. The molecule has 1 fully saturated rings. The van der Waals surface area contributed by atoms with Crippen LogP contribution in [0.1, 0.15) is 49.9 Å². The average Bonchev–Trinajstić information content (AvgIpc) is 2.41. The molecule has 2 rings (SSSR count). The smallest absolute Gasteiger partial charge is 0.253 e. The second-order valence-electron chi connectivity index (χ2n) is 6.71. The first kappa shape index (κ1) is 14.9. The number of carbonyl (C=O) groups is 1. The lowest BCUT2D eigenvalue weighted by Gasteiger charge is -2.39. The summed E-state index contributed by atoms with van der Waals surface area (Å²) in [5, 5.41) is 3.64. The summed E-state index contributed by atoms with van der Waals surface area (Å²) in [5.41, 5.74) is 2.19. The summed E-state index contributed by atoms with van der Waals surface area (Å²) >= 11 is 0. The Morgan fingerprint density at radius 1 is 1.20 bits per heavy atom. The summed E-state index contributed by atoms with van der Waals surface area (Å²) in [6, 6.07) is 8.36. The third kappa shape index (κ3) is 3.33. The molecule has 1 unspecified atom stereocenters. The zero-order chi connectivity index (χ0) is 14.8. The van der Waals surface area contributed by atoms with Crippen molar-refractivity contribution in [1.29, 1.82) is 0 Å². The van der Waals surface area contributed by atoms with Gasteiger partial charge in [0.2, 0.25) is 0 Å². The predicted octanol–water partition coefficient (Wildman–Crippen LogP) is 3.77. The van der Waals surface area contributed by atoms with Crippen LogP contribution in [0.15, 0.2) is 24.3 Å². The molecule has 20 heavy (non-hydrogen) atoms. The molecule has 1 aliphatic carbocycles. The first-order chi connectivity index (χ1) is 9.40. The minimum absolute atomic E-state index is 0.0505. The first-order valence-corrected chi connectivity index (χ1v) is 7.48. The molecule has 1 N–H and O–H groups in total. The maximum Gasteiger partial charge on any atom is 0.253 e. The molecule has 0 aliphatic heterocycles. The molecule has 1 aromatic rings. The van der Waals surface area contributed by atoms with Crippen LogP contribution in [0.25, 0.3) is 0 Å². The second-order valence-corrected chi connectivity index (χ2v) is 6.71. The van der Waals surface area contributed by atoms with E-state index in [0.717, 1.165) is 11.3 Å². The van der Waals surface area contributed by atoms with Crippen molar-refractivity contribution in [3.05, 3.63) is 29.8 Å². The fraction of sp³-hybridized carbons (Fsp3) is 0.588. The number of anilines is 1. The summed E-state index contributed by atoms with van der Waals surface area (Å²) < 4.78 is 0. The first-order valence-electron chi connectivity index (χ1n) is 7.48. The van der Waals surface area contributed by atoms with Crippen molar-refractivity contribution in [3.63, 3.8) is 0 Å². The third-order valence-corrected chi connectivity index (χ3v) is 4.39. The molecule has 0 aromatic heterocycles. The van der Waals surface area contributed by atoms with Crippen LogP contribution >= 0.6 is 0 Å². The Morgan fingerprint density at radius 3 is 2.40 bits per heavy atom. The Labute approximate surface area is 122 Å². The van der Waals surface area contributed by atoms with Gasteiger partial charge >= 0.3 is 0 Å². The molecule has 110 valence electrons. The molecule has 0 spiro atoms. The monoisotopic (exact) mass is 274 g/mol. The van der Waals surface area contributed by atoms with Crippen molar-refractivity contribution in [2.24, 2.45) is 5.41 Å². The van der Waals surface area contributed by atoms with E-state index >= 15 is 0 Å². The van der Waals surface area contributed by atoms with Crippen LogP contribution in [0.3, 0.4) is 0 Å². The zero-order valence-corrected chi connectivity index (χ0v) is 13.1. The van der Waals surface area contributed by atoms with Gasteiger partial charge in [-0.3, -0.25) is 4.79 Å². The molecule has 0 heterocycles. The maximum atomic E-state index is 11.9. The van der Waals surface area contributed by atoms with Crippen molar-refractivity contribution < 1.29 is 4.79 Å². The van der Waals surface area contributed by atoms with E-state index < -0.39 is 0 Å². The van der Waals surface area contributed by atoms with E-state index in [9.17, 15) is 4.79 Å². The Kier molecular flexibility index (Phi) is 4.36. The summed E-state index contributed by atoms with van der Waals surface area (Å²) in [4.78, 5) is 13.5. The molecule has 1 atom stereocenters. The largest absolute Gasteiger partial charge is 0.382 e. The summed E-state index contributed by atoms with van der Waals surface area (Å²) in [7, 11) is 3.55. The van der Waals surface area contributed by atoms with Gasteiger partial charge in [0, 0.05) is 31.4 Å². The average molecular weight is 274 g/mol. The Bertz CT molecular complexity index is 462. The van der Waals surface area contributed by atoms with Gasteiger partial charge in [-0.25, -0.2) is 0 Å². The minimum atomic E-state index is 0.0505. The van der Waals surface area contributed by atoms with E-state index in [2.05, 4.69) is 19.2 Å². The highest BCUT2D eigenvalue weighted by molar-refractivity contribution is 5.94. The van der Waals surface area contributed by atoms with Gasteiger partial charge in [0.25, 0.3) is 5.91 Å². The fourth-order valence-corrected chi connectivity index (χ4v) is 2.93. The van der Waals surface area contributed by atoms with Gasteiger partial charge in [0.05, 0.1) is 0 Å². The summed E-state index contributed by atoms with van der Waals surface area (Å²) in [6.45, 7) is 4.68. The highest BCUT2D eigenvalue weighted by Crippen LogP contribution is 2.37. The molecule has 3 heteroatoms. The number of nitrogens with zero attached hydrogens (tertiary/aromatic N) is 1. The standard InChI is InChI=1S/C17H26N2O/c1-17(2)12-6-5-7-15(17)18-14-10-8-13(9-11-14)16(20)19(3)4/h8-11,15,18H,5-7,12H2,1-4H3. The lowest BCUT2D eigenvalue weighted by atomic mass is 9.73. The van der Waals surface area contributed by atoms with Crippen molar-refractivity contribution in [2.75, 3.05) is 19.4 Å². The van der Waals surface area contributed by atoms with Gasteiger partial charge in [0.1, 0.15) is 0 Å². The second kappa shape index (κ2) is 5.86. The van der Waals surface area contributed by atoms with Crippen molar-refractivity contribution in [3.8, 4) is 0 Å². The molecule has 1 amide bonds. The van der Waals surface area contributed by atoms with Crippen molar-refractivity contribution in [1.82, 2.24) is 4.90 Å². The lowest BCUT2D eigenvalue weighted by molar-refractivity contribution is 0.0827. The third-order valence-electron chi connectivity index (χ3n) is 4.39. The van der Waals surface area contributed by atoms with Crippen molar-refractivity contribution in [2.45, 2.75) is 45.6 Å². The van der Waals surface area contributed by atoms with E-state index in [1.807, 2.05) is 24.3 Å². The van der Waals surface area contributed by atoms with Gasteiger partial charge in [-0.15, -0.1) is 0 Å². The van der Waals surface area contributed by atoms with E-state index in [1.54, 1.807) is 19.0 Å². The molecule has 0 radical (unpaired) electrons. The number of hydrogen-bond acceptors (Lipinski definition) is 2. The van der Waals surface area contributed by atoms with Crippen LogP contribution in [0.4, 0.5) is 5.69 Å². The molecule has 0 bridgehead atoms. The minimum Gasteiger partial charge on any atom is -0.382 e. The number of hydrogen-bond donors (Lipinski definition) is 1.